The number of carbonyl (C=O) groups is 3. The molecule has 0 aliphatic carbocycles. The largest absolute Gasteiger partial charge is 0.472 e. The zero-order valence-electron chi connectivity index (χ0n) is 67.9. The predicted molar refractivity (Wildman–Crippen MR) is 454 cm³/mol. The molecule has 0 saturated carbocycles. The van der Waals surface area contributed by atoms with Crippen LogP contribution in [-0.2, 0) is 55.8 Å². The van der Waals surface area contributed by atoms with Crippen molar-refractivity contribution in [1.82, 2.24) is 0 Å². The molecule has 0 spiro atoms. The molecule has 0 aromatic heterocycles. The zero-order chi connectivity index (χ0) is 79.4. The van der Waals surface area contributed by atoms with Gasteiger partial charge in [-0.25, -0.2) is 9.13 Å². The summed E-state index contributed by atoms with van der Waals surface area (Å²) in [6.07, 6.45) is 106. The van der Waals surface area contributed by atoms with Crippen molar-refractivity contribution in [1.29, 1.82) is 0 Å². The normalized spacial score (nSPS) is 14.8. The summed E-state index contributed by atoms with van der Waals surface area (Å²) in [5.41, 5.74) is 0. The molecule has 0 aliphatic rings. The molecule has 0 heterocycles. The Morgan fingerprint density at radius 2 is 0.486 bits per heavy atom. The number of rotatable bonds is 78. The van der Waals surface area contributed by atoms with Crippen LogP contribution in [0, 0.1) is 0 Å². The summed E-state index contributed by atoms with van der Waals surface area (Å²) in [5.74, 6) is -1.61. The van der Waals surface area contributed by atoms with Crippen LogP contribution in [-0.4, -0.2) is 95.9 Å². The maximum Gasteiger partial charge on any atom is 0.472 e. The molecule has 4 N–H and O–H groups in total. The summed E-state index contributed by atoms with van der Waals surface area (Å²) in [6.45, 7) is 2.39. The summed E-state index contributed by atoms with van der Waals surface area (Å²) in [4.78, 5) is 58.9. The first-order valence-corrected chi connectivity index (χ1v) is 45.1. The number of unbranched alkanes of at least 4 members (excludes halogenated alkanes) is 25. The molecule has 16 nitrogen and oxygen atoms in total. The van der Waals surface area contributed by atoms with Gasteiger partial charge in [-0.15, -0.1) is 0 Å². The first-order chi connectivity index (χ1) is 53.2. The lowest BCUT2D eigenvalue weighted by Crippen LogP contribution is -2.30. The van der Waals surface area contributed by atoms with E-state index in [0.29, 0.717) is 19.3 Å². The van der Waals surface area contributed by atoms with Crippen LogP contribution in [0.3, 0.4) is 0 Å². The first-order valence-electron chi connectivity index (χ1n) is 42.1. The van der Waals surface area contributed by atoms with Gasteiger partial charge < -0.3 is 34.2 Å². The summed E-state index contributed by atoms with van der Waals surface area (Å²) in [6, 6.07) is 0. The molecule has 0 aromatic rings. The average Bonchev–Trinajstić information content (AvgIpc) is 0.904. The number of hydrogen-bond donors (Lipinski definition) is 4. The number of aliphatic hydroxyl groups is 2. The highest BCUT2D eigenvalue weighted by atomic mass is 31.2. The summed E-state index contributed by atoms with van der Waals surface area (Å²) < 4.78 is 61.3. The fourth-order valence-corrected chi connectivity index (χ4v) is 12.3. The molecular weight excluding hydrogens is 1410 g/mol. The van der Waals surface area contributed by atoms with Crippen molar-refractivity contribution in [2.24, 2.45) is 0 Å². The van der Waals surface area contributed by atoms with E-state index < -0.39 is 91.5 Å². The van der Waals surface area contributed by atoms with Gasteiger partial charge >= 0.3 is 33.6 Å². The highest BCUT2D eigenvalue weighted by Gasteiger charge is 2.29. The molecule has 5 atom stereocenters. The number of phosphoric ester groups is 2. The van der Waals surface area contributed by atoms with Gasteiger partial charge in [0.25, 0.3) is 0 Å². The van der Waals surface area contributed by atoms with E-state index in [4.69, 9.17) is 32.3 Å². The van der Waals surface area contributed by atoms with Gasteiger partial charge in [0.05, 0.1) is 26.4 Å². The minimum absolute atomic E-state index is 0.0829. The number of phosphoric acid groups is 2. The van der Waals surface area contributed by atoms with Crippen molar-refractivity contribution in [3.05, 3.63) is 182 Å². The summed E-state index contributed by atoms with van der Waals surface area (Å²) >= 11 is 0. The number of aliphatic hydroxyl groups excluding tert-OH is 2. The van der Waals surface area contributed by atoms with Gasteiger partial charge in [-0.2, -0.15) is 0 Å². The molecule has 0 saturated heterocycles. The lowest BCUT2D eigenvalue weighted by Gasteiger charge is -2.21. The quantitative estimate of drug-likeness (QED) is 0.0146. The molecular formula is C91H150O16P2. The van der Waals surface area contributed by atoms with Crippen LogP contribution >= 0.6 is 15.6 Å². The maximum atomic E-state index is 13.0. The topological polar surface area (TPSA) is 231 Å². The van der Waals surface area contributed by atoms with Gasteiger partial charge in [0, 0.05) is 19.3 Å². The summed E-state index contributed by atoms with van der Waals surface area (Å²) in [5, 5.41) is 20.7. The number of carbonyl (C=O) groups excluding carboxylic acids is 3. The highest BCUT2D eigenvalue weighted by molar-refractivity contribution is 7.47. The van der Waals surface area contributed by atoms with Gasteiger partial charge in [-0.3, -0.25) is 32.5 Å². The van der Waals surface area contributed by atoms with Crippen LogP contribution in [0.5, 0.6) is 0 Å². The number of ether oxygens (including phenoxy) is 3. The van der Waals surface area contributed by atoms with Crippen LogP contribution in [0.25, 0.3) is 0 Å². The van der Waals surface area contributed by atoms with Crippen LogP contribution in [0.15, 0.2) is 182 Å². The molecule has 0 aromatic carbocycles. The van der Waals surface area contributed by atoms with Gasteiger partial charge in [0.2, 0.25) is 0 Å². The fourth-order valence-electron chi connectivity index (χ4n) is 10.8. The molecule has 0 radical (unpaired) electrons. The Bertz CT molecular complexity index is 2710. The van der Waals surface area contributed by atoms with E-state index in [0.717, 1.165) is 212 Å². The Morgan fingerprint density at radius 3 is 0.771 bits per heavy atom. The average molecular weight is 1560 g/mol. The van der Waals surface area contributed by atoms with Crippen molar-refractivity contribution in [2.45, 2.75) is 334 Å². The van der Waals surface area contributed by atoms with Gasteiger partial charge in [0.1, 0.15) is 25.4 Å². The SMILES string of the molecule is CC/C=C\C/C=C\C/C=C\C/C=C\C/C=C\C/C=C\CCCCCCCCCCC(=O)OCC(O)COP(=O)(O)OCC(O)COP(=O)(O)OCC(COC(=O)CCCCCCCCC/C=C\C/C=C\C/C=C\C/C=C\C/C=C\CC)OC(=O)CCCCCCCCC/C=C\C/C=C\C/C=C\C/C=C\CCCCC. The second kappa shape index (κ2) is 82.1. The van der Waals surface area contributed by atoms with Crippen LogP contribution < -0.4 is 0 Å². The Labute approximate surface area is 662 Å². The molecule has 109 heavy (non-hydrogen) atoms. The lowest BCUT2D eigenvalue weighted by molar-refractivity contribution is -0.161. The molecule has 0 amide bonds. The molecule has 620 valence electrons. The number of esters is 3. The van der Waals surface area contributed by atoms with E-state index in [2.05, 4.69) is 203 Å². The molecule has 0 rings (SSSR count). The van der Waals surface area contributed by atoms with Gasteiger partial charge in [-0.1, -0.05) is 319 Å². The van der Waals surface area contributed by atoms with Crippen LogP contribution in [0.4, 0.5) is 0 Å². The third kappa shape index (κ3) is 83.4. The van der Waals surface area contributed by atoms with E-state index in [9.17, 15) is 43.5 Å². The highest BCUT2D eigenvalue weighted by Crippen LogP contribution is 2.45. The lowest BCUT2D eigenvalue weighted by atomic mass is 10.1. The van der Waals surface area contributed by atoms with Gasteiger partial charge in [-0.05, 0) is 161 Å². The zero-order valence-corrected chi connectivity index (χ0v) is 69.7. The molecule has 18 heteroatoms. The van der Waals surface area contributed by atoms with Crippen molar-refractivity contribution in [3.8, 4) is 0 Å². The minimum atomic E-state index is -4.95. The molecule has 0 fully saturated rings. The molecule has 0 bridgehead atoms. The third-order valence-electron chi connectivity index (χ3n) is 17.1. The van der Waals surface area contributed by atoms with Crippen molar-refractivity contribution < 1.29 is 75.8 Å². The Morgan fingerprint density at radius 1 is 0.266 bits per heavy atom. The van der Waals surface area contributed by atoms with E-state index in [1.54, 1.807) is 0 Å². The second-order valence-electron chi connectivity index (χ2n) is 27.5. The Balaban J connectivity index is 4.72. The van der Waals surface area contributed by atoms with Crippen molar-refractivity contribution >= 4 is 33.6 Å². The van der Waals surface area contributed by atoms with E-state index in [1.807, 2.05) is 0 Å². The maximum absolute atomic E-state index is 13.0. The predicted octanol–water partition coefficient (Wildman–Crippen LogP) is 25.3. The fraction of sp³-hybridized carbons (Fsp3) is 0.637. The standard InChI is InChI=1S/C91H150O16P2/c1-4-7-10-13-16-19-22-25-28-31-34-37-40-41-42-43-46-48-50-53-56-59-62-65-68-71-74-77-89(94)101-80-86(92)81-103-108(97,98)104-82-87(93)83-105-109(99,100)106-85-88(107-91(96)79-76-73-70-67-64-61-58-55-52-49-45-39-36-33-30-27-24-21-18-15-12-9-6-3)84-102-90(95)78-75-72-69-66-63-60-57-54-51-47-44-38-35-32-29-26-23-20-17-14-11-8-5-2/h7-8,10-11,16-21,25-30,34-39,41-42,46-49,51-52,86-88,92-93H,4-6,9,12-15,22-24,31-33,40,43-45,50,53-85H2,1-3H3,(H,97,98)(H,99,100)/b10-7-,11-8-,19-16-,20-17-,21-18-,28-25-,29-26-,30-27-,37-34-,38-35-,39-36-,42-41-,48-46-,51-47-,52-49-. The Kier molecular flexibility index (Phi) is 78.1. The van der Waals surface area contributed by atoms with Crippen molar-refractivity contribution in [2.75, 3.05) is 39.6 Å². The van der Waals surface area contributed by atoms with Crippen molar-refractivity contribution in [3.63, 3.8) is 0 Å². The van der Waals surface area contributed by atoms with Gasteiger partial charge in [0.15, 0.2) is 6.10 Å². The number of hydrogen-bond acceptors (Lipinski definition) is 14. The smallest absolute Gasteiger partial charge is 0.463 e. The summed E-state index contributed by atoms with van der Waals surface area (Å²) in [7, 11) is -9.82. The second-order valence-corrected chi connectivity index (χ2v) is 30.4. The third-order valence-corrected chi connectivity index (χ3v) is 19.0. The van der Waals surface area contributed by atoms with E-state index >= 15 is 0 Å². The van der Waals surface area contributed by atoms with Crippen LogP contribution in [0.2, 0.25) is 0 Å². The monoisotopic (exact) mass is 1560 g/mol. The van der Waals surface area contributed by atoms with E-state index in [1.165, 1.54) is 44.9 Å². The number of allylic oxidation sites excluding steroid dienone is 30. The van der Waals surface area contributed by atoms with Crippen LogP contribution in [0.1, 0.15) is 316 Å². The molecule has 5 unspecified atom stereocenters. The van der Waals surface area contributed by atoms with E-state index in [-0.39, 0.29) is 19.3 Å². The Hall–Kier alpha value is -5.35. The first kappa shape index (κ1) is 104. The minimum Gasteiger partial charge on any atom is -0.463 e. The molecule has 0 aliphatic heterocycles.